The number of nitrogens with two attached hydrogens (primary N) is 1. The summed E-state index contributed by atoms with van der Waals surface area (Å²) in [6, 6.07) is 9.99. The summed E-state index contributed by atoms with van der Waals surface area (Å²) in [5.74, 6) is 0.625. The van der Waals surface area contributed by atoms with Crippen LogP contribution in [-0.2, 0) is 11.2 Å². The minimum Gasteiger partial charge on any atom is -0.464 e. The maximum Gasteiger partial charge on any atom is 0.360 e. The molecule has 1 atom stereocenters. The average Bonchev–Trinajstić information content (AvgIpc) is 2.83. The number of nitrogens with zero attached hydrogens (tertiary/aromatic N) is 2. The lowest BCUT2D eigenvalue weighted by molar-refractivity contribution is 0.0595. The van der Waals surface area contributed by atoms with Crippen molar-refractivity contribution >= 4 is 11.8 Å². The Balaban J connectivity index is 2.50. The van der Waals surface area contributed by atoms with Gasteiger partial charge in [-0.25, -0.2) is 9.78 Å². The van der Waals surface area contributed by atoms with Crippen molar-refractivity contribution in [3.05, 3.63) is 47.4 Å². The highest BCUT2D eigenvalue weighted by Crippen LogP contribution is 2.26. The molecule has 1 unspecified atom stereocenters. The third-order valence-electron chi connectivity index (χ3n) is 3.39. The molecular formula is C15H19N3O2. The first-order valence-corrected chi connectivity index (χ1v) is 6.60. The largest absolute Gasteiger partial charge is 0.464 e. The van der Waals surface area contributed by atoms with Gasteiger partial charge in [-0.1, -0.05) is 37.3 Å². The first kappa shape index (κ1) is 14.1. The minimum absolute atomic E-state index is 0.0112. The number of carbonyl (C=O) groups excluding carboxylic acids is 1. The lowest BCUT2D eigenvalue weighted by Crippen LogP contribution is -2.14. The molecule has 0 saturated carbocycles. The van der Waals surface area contributed by atoms with Gasteiger partial charge in [0.2, 0.25) is 0 Å². The number of aryl methyl sites for hydroxylation is 1. The van der Waals surface area contributed by atoms with E-state index in [0.717, 1.165) is 11.4 Å². The third-order valence-corrected chi connectivity index (χ3v) is 3.39. The second-order valence-electron chi connectivity index (χ2n) is 4.56. The Morgan fingerprint density at radius 3 is 2.60 bits per heavy atom. The molecule has 0 saturated heterocycles. The molecule has 20 heavy (non-hydrogen) atoms. The molecule has 0 aliphatic carbocycles. The van der Waals surface area contributed by atoms with E-state index in [-0.39, 0.29) is 11.7 Å². The summed E-state index contributed by atoms with van der Waals surface area (Å²) in [5, 5.41) is 0. The average molecular weight is 273 g/mol. The third kappa shape index (κ3) is 2.39. The van der Waals surface area contributed by atoms with Crippen molar-refractivity contribution in [2.75, 3.05) is 12.8 Å². The highest BCUT2D eigenvalue weighted by atomic mass is 16.5. The lowest BCUT2D eigenvalue weighted by atomic mass is 10.1. The zero-order chi connectivity index (χ0) is 14.7. The second kappa shape index (κ2) is 5.77. The molecule has 0 fully saturated rings. The van der Waals surface area contributed by atoms with Gasteiger partial charge in [0, 0.05) is 6.42 Å². The molecule has 1 aromatic heterocycles. The fourth-order valence-electron chi connectivity index (χ4n) is 2.30. The van der Waals surface area contributed by atoms with Crippen LogP contribution in [0.4, 0.5) is 5.82 Å². The monoisotopic (exact) mass is 273 g/mol. The lowest BCUT2D eigenvalue weighted by Gasteiger charge is -2.18. The maximum atomic E-state index is 11.7. The van der Waals surface area contributed by atoms with E-state index in [4.69, 9.17) is 10.5 Å². The molecule has 5 nitrogen and oxygen atoms in total. The molecule has 2 rings (SSSR count). The fourth-order valence-corrected chi connectivity index (χ4v) is 2.30. The summed E-state index contributed by atoms with van der Waals surface area (Å²) in [6.45, 7) is 4.02. The van der Waals surface area contributed by atoms with Crippen molar-refractivity contribution in [3.63, 3.8) is 0 Å². The van der Waals surface area contributed by atoms with Crippen molar-refractivity contribution in [3.8, 4) is 0 Å². The normalized spacial score (nSPS) is 12.2. The van der Waals surface area contributed by atoms with E-state index in [0.29, 0.717) is 12.2 Å². The van der Waals surface area contributed by atoms with Crippen molar-refractivity contribution in [2.45, 2.75) is 26.3 Å². The van der Waals surface area contributed by atoms with Crippen LogP contribution < -0.4 is 5.73 Å². The Bertz CT molecular complexity index is 605. The number of aromatic nitrogens is 2. The van der Waals surface area contributed by atoms with Crippen molar-refractivity contribution in [1.82, 2.24) is 9.55 Å². The van der Waals surface area contributed by atoms with E-state index in [1.165, 1.54) is 7.11 Å². The molecular weight excluding hydrogens is 254 g/mol. The Hall–Kier alpha value is -2.30. The van der Waals surface area contributed by atoms with Crippen LogP contribution in [0, 0.1) is 0 Å². The van der Waals surface area contributed by atoms with Crippen molar-refractivity contribution in [2.24, 2.45) is 0 Å². The first-order chi connectivity index (χ1) is 9.60. The van der Waals surface area contributed by atoms with Gasteiger partial charge in [0.05, 0.1) is 13.2 Å². The van der Waals surface area contributed by atoms with Crippen LogP contribution in [0.3, 0.4) is 0 Å². The number of methoxy groups -OCH3 is 1. The number of ether oxygens (including phenoxy) is 1. The molecule has 2 N–H and O–H groups in total. The van der Waals surface area contributed by atoms with Gasteiger partial charge < -0.3 is 15.0 Å². The van der Waals surface area contributed by atoms with Crippen molar-refractivity contribution in [1.29, 1.82) is 0 Å². The molecule has 0 amide bonds. The summed E-state index contributed by atoms with van der Waals surface area (Å²) < 4.78 is 6.61. The van der Waals surface area contributed by atoms with Gasteiger partial charge in [-0.3, -0.25) is 0 Å². The van der Waals surface area contributed by atoms with E-state index < -0.39 is 5.97 Å². The van der Waals surface area contributed by atoms with Gasteiger partial charge in [-0.05, 0) is 12.5 Å². The molecule has 5 heteroatoms. The van der Waals surface area contributed by atoms with Gasteiger partial charge in [0.25, 0.3) is 0 Å². The van der Waals surface area contributed by atoms with Crippen LogP contribution in [0.15, 0.2) is 30.3 Å². The molecule has 106 valence electrons. The Morgan fingerprint density at radius 1 is 1.40 bits per heavy atom. The number of anilines is 1. The van der Waals surface area contributed by atoms with Crippen LogP contribution in [0.2, 0.25) is 0 Å². The van der Waals surface area contributed by atoms with E-state index in [1.807, 2.05) is 48.7 Å². The van der Waals surface area contributed by atoms with E-state index in [1.54, 1.807) is 0 Å². The van der Waals surface area contributed by atoms with E-state index in [9.17, 15) is 4.79 Å². The van der Waals surface area contributed by atoms with Gasteiger partial charge in [-0.2, -0.15) is 0 Å². The number of benzene rings is 1. The molecule has 1 heterocycles. The zero-order valence-corrected chi connectivity index (χ0v) is 12.0. The number of carbonyl (C=O) groups is 1. The summed E-state index contributed by atoms with van der Waals surface area (Å²) in [5.41, 5.74) is 7.39. The van der Waals surface area contributed by atoms with Crippen LogP contribution in [0.5, 0.6) is 0 Å². The summed E-state index contributed by atoms with van der Waals surface area (Å²) in [6.07, 6.45) is 0.693. The van der Waals surface area contributed by atoms with Crippen LogP contribution >= 0.6 is 0 Å². The summed E-state index contributed by atoms with van der Waals surface area (Å²) in [7, 11) is 1.33. The molecule has 1 aromatic carbocycles. The molecule has 0 spiro atoms. The highest BCUT2D eigenvalue weighted by molar-refractivity contribution is 5.92. The Morgan fingerprint density at radius 2 is 2.05 bits per heavy atom. The highest BCUT2D eigenvalue weighted by Gasteiger charge is 2.23. The standard InChI is InChI=1S/C15H19N3O2/c1-4-12-17-13(15(19)20-3)14(16)18(12)10(2)11-8-6-5-7-9-11/h5-10H,4,16H2,1-3H3. The number of hydrogen-bond acceptors (Lipinski definition) is 4. The van der Waals surface area contributed by atoms with Crippen LogP contribution in [0.1, 0.15) is 41.8 Å². The fraction of sp³-hybridized carbons (Fsp3) is 0.333. The first-order valence-electron chi connectivity index (χ1n) is 6.60. The van der Waals surface area contributed by atoms with E-state index in [2.05, 4.69) is 4.98 Å². The zero-order valence-electron chi connectivity index (χ0n) is 12.0. The second-order valence-corrected chi connectivity index (χ2v) is 4.56. The Labute approximate surface area is 118 Å². The van der Waals surface area contributed by atoms with Gasteiger partial charge in [-0.15, -0.1) is 0 Å². The number of hydrogen-bond donors (Lipinski definition) is 1. The van der Waals surface area contributed by atoms with E-state index >= 15 is 0 Å². The topological polar surface area (TPSA) is 70.1 Å². The maximum absolute atomic E-state index is 11.7. The molecule has 2 aromatic rings. The van der Waals surface area contributed by atoms with Gasteiger partial charge in [0.1, 0.15) is 11.6 Å². The number of nitrogen functional groups attached to an aromatic ring is 1. The SMILES string of the molecule is CCc1nc(C(=O)OC)c(N)n1C(C)c1ccccc1. The molecule has 0 aliphatic heterocycles. The van der Waals surface area contributed by atoms with Crippen LogP contribution in [-0.4, -0.2) is 22.6 Å². The van der Waals surface area contributed by atoms with Gasteiger partial charge >= 0.3 is 5.97 Å². The smallest absolute Gasteiger partial charge is 0.360 e. The quantitative estimate of drug-likeness (QED) is 0.868. The molecule has 0 aliphatic rings. The van der Waals surface area contributed by atoms with Crippen molar-refractivity contribution < 1.29 is 9.53 Å². The number of imidazole rings is 1. The predicted molar refractivity (Wildman–Crippen MR) is 77.6 cm³/mol. The molecule has 0 radical (unpaired) electrons. The number of esters is 1. The summed E-state index contributed by atoms with van der Waals surface area (Å²) in [4.78, 5) is 16.0. The Kier molecular flexibility index (Phi) is 4.08. The predicted octanol–water partition coefficient (Wildman–Crippen LogP) is 2.42. The van der Waals surface area contributed by atoms with Crippen LogP contribution in [0.25, 0.3) is 0 Å². The van der Waals surface area contributed by atoms with Gasteiger partial charge in [0.15, 0.2) is 5.69 Å². The summed E-state index contributed by atoms with van der Waals surface area (Å²) >= 11 is 0. The number of rotatable bonds is 4. The molecule has 0 bridgehead atoms. The minimum atomic E-state index is -0.504.